The minimum atomic E-state index is 0.0338. The molecule has 12 heavy (non-hydrogen) atoms. The third-order valence-corrected chi connectivity index (χ3v) is 1.91. The highest BCUT2D eigenvalue weighted by Crippen LogP contribution is 2.07. The molecule has 2 heteroatoms. The van der Waals surface area contributed by atoms with Crippen LogP contribution in [0.2, 0.25) is 0 Å². The summed E-state index contributed by atoms with van der Waals surface area (Å²) in [6, 6.07) is 0. The monoisotopic (exact) mass is 165 g/mol. The Balaban J connectivity index is 2.27. The molecule has 66 valence electrons. The molecule has 1 rings (SSSR count). The molecule has 2 nitrogen and oxygen atoms in total. The summed E-state index contributed by atoms with van der Waals surface area (Å²) in [5, 5.41) is 2.62. The smallest absolute Gasteiger partial charge is 0.254 e. The standard InChI is InChI=1S/C10H15NO/c1-2-3-4-5-6-9-7-8-11-10(9)12/h6-8H,2-5H2,1H3,(H,11,12)/b9-6+. The Morgan fingerprint density at radius 3 is 2.92 bits per heavy atom. The molecule has 0 unspecified atom stereocenters. The van der Waals surface area contributed by atoms with Gasteiger partial charge in [-0.3, -0.25) is 4.79 Å². The normalized spacial score (nSPS) is 18.8. The second-order valence-corrected chi connectivity index (χ2v) is 2.96. The zero-order valence-corrected chi connectivity index (χ0v) is 7.47. The summed E-state index contributed by atoms with van der Waals surface area (Å²) < 4.78 is 0. The summed E-state index contributed by atoms with van der Waals surface area (Å²) in [5.41, 5.74) is 0.811. The van der Waals surface area contributed by atoms with E-state index in [0.29, 0.717) is 0 Å². The van der Waals surface area contributed by atoms with Gasteiger partial charge in [-0.15, -0.1) is 0 Å². The Kier molecular flexibility index (Phi) is 3.58. The van der Waals surface area contributed by atoms with Crippen LogP contribution in [0.1, 0.15) is 32.6 Å². The molecule has 0 saturated heterocycles. The van der Waals surface area contributed by atoms with E-state index in [1.54, 1.807) is 6.20 Å². The molecule has 0 aromatic rings. The van der Waals surface area contributed by atoms with Crippen LogP contribution in [0, 0.1) is 0 Å². The van der Waals surface area contributed by atoms with Gasteiger partial charge in [-0.2, -0.15) is 0 Å². The average Bonchev–Trinajstić information content (AvgIpc) is 2.46. The van der Waals surface area contributed by atoms with Crippen LogP contribution in [0.4, 0.5) is 0 Å². The maximum Gasteiger partial charge on any atom is 0.254 e. The fourth-order valence-corrected chi connectivity index (χ4v) is 1.18. The molecule has 0 aliphatic carbocycles. The minimum absolute atomic E-state index is 0.0338. The van der Waals surface area contributed by atoms with Crippen molar-refractivity contribution in [1.29, 1.82) is 0 Å². The molecule has 0 spiro atoms. The number of carbonyl (C=O) groups is 1. The average molecular weight is 165 g/mol. The number of hydrogen-bond donors (Lipinski definition) is 1. The van der Waals surface area contributed by atoms with E-state index in [4.69, 9.17) is 0 Å². The first-order chi connectivity index (χ1) is 5.84. The van der Waals surface area contributed by atoms with Crippen LogP contribution in [0.15, 0.2) is 23.9 Å². The van der Waals surface area contributed by atoms with Crippen LogP contribution < -0.4 is 5.32 Å². The fraction of sp³-hybridized carbons (Fsp3) is 0.500. The lowest BCUT2D eigenvalue weighted by atomic mass is 10.1. The predicted octanol–water partition coefficient (Wildman–Crippen LogP) is 2.14. The van der Waals surface area contributed by atoms with Gasteiger partial charge in [-0.25, -0.2) is 0 Å². The second kappa shape index (κ2) is 4.75. The van der Waals surface area contributed by atoms with Gasteiger partial charge < -0.3 is 5.32 Å². The zero-order chi connectivity index (χ0) is 8.81. The van der Waals surface area contributed by atoms with E-state index in [1.165, 1.54) is 19.3 Å². The first kappa shape index (κ1) is 9.04. The van der Waals surface area contributed by atoms with E-state index in [1.807, 2.05) is 12.2 Å². The SMILES string of the molecule is CCCCC/C=C1\C=CNC1=O. The molecule has 0 aromatic carbocycles. The molecule has 1 aliphatic heterocycles. The van der Waals surface area contributed by atoms with E-state index >= 15 is 0 Å². The van der Waals surface area contributed by atoms with Crippen LogP contribution >= 0.6 is 0 Å². The van der Waals surface area contributed by atoms with Crippen LogP contribution in [-0.4, -0.2) is 5.91 Å². The molecule has 1 aliphatic rings. The minimum Gasteiger partial charge on any atom is -0.329 e. The van der Waals surface area contributed by atoms with Crippen molar-refractivity contribution in [2.24, 2.45) is 0 Å². The van der Waals surface area contributed by atoms with Crippen molar-refractivity contribution < 1.29 is 4.79 Å². The molecule has 1 N–H and O–H groups in total. The lowest BCUT2D eigenvalue weighted by molar-refractivity contribution is -0.115. The van der Waals surface area contributed by atoms with Crippen molar-refractivity contribution in [3.05, 3.63) is 23.9 Å². The summed E-state index contributed by atoms with van der Waals surface area (Å²) in [7, 11) is 0. The number of amides is 1. The van der Waals surface area contributed by atoms with Crippen LogP contribution in [-0.2, 0) is 4.79 Å². The Bertz CT molecular complexity index is 216. The van der Waals surface area contributed by atoms with Crippen molar-refractivity contribution in [3.63, 3.8) is 0 Å². The maximum atomic E-state index is 11.0. The number of allylic oxidation sites excluding steroid dienone is 1. The lowest BCUT2D eigenvalue weighted by Gasteiger charge is -1.94. The van der Waals surface area contributed by atoms with Gasteiger partial charge in [-0.05, 0) is 18.9 Å². The molecule has 0 aromatic heterocycles. The summed E-state index contributed by atoms with van der Waals surface area (Å²) in [4.78, 5) is 11.0. The molecule has 0 fully saturated rings. The van der Waals surface area contributed by atoms with Crippen LogP contribution in [0.25, 0.3) is 0 Å². The summed E-state index contributed by atoms with van der Waals surface area (Å²) in [6.07, 6.45) is 10.2. The van der Waals surface area contributed by atoms with Gasteiger partial charge in [0.15, 0.2) is 0 Å². The van der Waals surface area contributed by atoms with Gasteiger partial charge in [0.25, 0.3) is 5.91 Å². The molecule has 0 radical (unpaired) electrons. The van der Waals surface area contributed by atoms with Gasteiger partial charge in [0.05, 0.1) is 0 Å². The quantitative estimate of drug-likeness (QED) is 0.502. The molecule has 1 amide bonds. The number of rotatable bonds is 4. The first-order valence-electron chi connectivity index (χ1n) is 4.52. The summed E-state index contributed by atoms with van der Waals surface area (Å²) in [6.45, 7) is 2.18. The fourth-order valence-electron chi connectivity index (χ4n) is 1.18. The van der Waals surface area contributed by atoms with Gasteiger partial charge in [0.2, 0.25) is 0 Å². The second-order valence-electron chi connectivity index (χ2n) is 2.96. The van der Waals surface area contributed by atoms with Gasteiger partial charge in [0.1, 0.15) is 0 Å². The van der Waals surface area contributed by atoms with E-state index < -0.39 is 0 Å². The van der Waals surface area contributed by atoms with E-state index in [-0.39, 0.29) is 5.91 Å². The number of unbranched alkanes of at least 4 members (excludes halogenated alkanes) is 3. The molecule has 0 bridgehead atoms. The maximum absolute atomic E-state index is 11.0. The topological polar surface area (TPSA) is 29.1 Å². The molecule has 0 saturated carbocycles. The summed E-state index contributed by atoms with van der Waals surface area (Å²) in [5.74, 6) is 0.0338. The van der Waals surface area contributed by atoms with Gasteiger partial charge in [-0.1, -0.05) is 25.8 Å². The van der Waals surface area contributed by atoms with Crippen LogP contribution in [0.5, 0.6) is 0 Å². The van der Waals surface area contributed by atoms with E-state index in [9.17, 15) is 4.79 Å². The molecule has 1 heterocycles. The first-order valence-corrected chi connectivity index (χ1v) is 4.52. The number of carbonyl (C=O) groups excluding carboxylic acids is 1. The highest BCUT2D eigenvalue weighted by molar-refractivity contribution is 5.99. The van der Waals surface area contributed by atoms with Crippen LogP contribution in [0.3, 0.4) is 0 Å². The lowest BCUT2D eigenvalue weighted by Crippen LogP contribution is -2.11. The largest absolute Gasteiger partial charge is 0.329 e. The number of nitrogens with one attached hydrogen (secondary N) is 1. The highest BCUT2D eigenvalue weighted by atomic mass is 16.1. The Hall–Kier alpha value is -1.05. The third kappa shape index (κ3) is 2.53. The van der Waals surface area contributed by atoms with E-state index in [2.05, 4.69) is 12.2 Å². The Morgan fingerprint density at radius 1 is 1.50 bits per heavy atom. The Labute approximate surface area is 73.4 Å². The van der Waals surface area contributed by atoms with Crippen molar-refractivity contribution >= 4 is 5.91 Å². The van der Waals surface area contributed by atoms with Crippen molar-refractivity contribution in [1.82, 2.24) is 5.32 Å². The molecule has 0 atom stereocenters. The zero-order valence-electron chi connectivity index (χ0n) is 7.47. The molecular weight excluding hydrogens is 150 g/mol. The van der Waals surface area contributed by atoms with Crippen molar-refractivity contribution in [2.45, 2.75) is 32.6 Å². The van der Waals surface area contributed by atoms with Crippen molar-refractivity contribution in [2.75, 3.05) is 0 Å². The summed E-state index contributed by atoms with van der Waals surface area (Å²) >= 11 is 0. The molecular formula is C10H15NO. The Morgan fingerprint density at radius 2 is 2.33 bits per heavy atom. The number of hydrogen-bond acceptors (Lipinski definition) is 1. The van der Waals surface area contributed by atoms with Crippen molar-refractivity contribution in [3.8, 4) is 0 Å². The van der Waals surface area contributed by atoms with E-state index in [0.717, 1.165) is 12.0 Å². The van der Waals surface area contributed by atoms with Gasteiger partial charge >= 0.3 is 0 Å². The highest BCUT2D eigenvalue weighted by Gasteiger charge is 2.08. The predicted molar refractivity (Wildman–Crippen MR) is 49.5 cm³/mol. The van der Waals surface area contributed by atoms with Gasteiger partial charge in [0, 0.05) is 11.8 Å². The third-order valence-electron chi connectivity index (χ3n) is 1.91.